The molecule has 1 heterocycles. The van der Waals surface area contributed by atoms with Gasteiger partial charge in [0, 0.05) is 20.3 Å². The van der Waals surface area contributed by atoms with Gasteiger partial charge in [0.15, 0.2) is 0 Å². The molecule has 4 heteroatoms. The fourth-order valence-electron chi connectivity index (χ4n) is 4.62. The van der Waals surface area contributed by atoms with Crippen molar-refractivity contribution in [2.24, 2.45) is 0 Å². The number of rotatable bonds is 8. The molecule has 0 spiro atoms. The van der Waals surface area contributed by atoms with Crippen LogP contribution in [0.2, 0.25) is 5.04 Å². The predicted octanol–water partition coefficient (Wildman–Crippen LogP) is 4.54. The van der Waals surface area contributed by atoms with Crippen molar-refractivity contribution in [1.82, 2.24) is 0 Å². The fourth-order valence-corrected chi connectivity index (χ4v) is 9.23. The first kappa shape index (κ1) is 22.2. The number of hydrogen-bond acceptors (Lipinski definition) is 3. The number of hydrogen-bond donors (Lipinski definition) is 0. The zero-order valence-electron chi connectivity index (χ0n) is 18.4. The summed E-state index contributed by atoms with van der Waals surface area (Å²) in [5, 5.41) is 2.69. The van der Waals surface area contributed by atoms with E-state index in [4.69, 9.17) is 13.9 Å². The van der Waals surface area contributed by atoms with Crippen LogP contribution in [0.15, 0.2) is 60.7 Å². The molecule has 0 amide bonds. The molecule has 2 aromatic rings. The molecule has 0 unspecified atom stereocenters. The molecule has 0 N–H and O–H groups in total. The summed E-state index contributed by atoms with van der Waals surface area (Å²) < 4.78 is 18.6. The predicted molar refractivity (Wildman–Crippen MR) is 123 cm³/mol. The zero-order chi connectivity index (χ0) is 20.7. The van der Waals surface area contributed by atoms with E-state index in [0.717, 1.165) is 38.9 Å². The van der Waals surface area contributed by atoms with Crippen LogP contribution in [0.3, 0.4) is 0 Å². The first-order valence-electron chi connectivity index (χ1n) is 10.9. The van der Waals surface area contributed by atoms with Crippen molar-refractivity contribution in [3.05, 3.63) is 60.7 Å². The lowest BCUT2D eigenvalue weighted by Crippen LogP contribution is -2.66. The van der Waals surface area contributed by atoms with E-state index in [1.54, 1.807) is 7.11 Å². The van der Waals surface area contributed by atoms with Crippen molar-refractivity contribution in [3.8, 4) is 0 Å². The van der Waals surface area contributed by atoms with Crippen molar-refractivity contribution in [2.45, 2.75) is 63.7 Å². The van der Waals surface area contributed by atoms with Crippen molar-refractivity contribution in [2.75, 3.05) is 20.3 Å². The summed E-state index contributed by atoms with van der Waals surface area (Å²) in [6.45, 7) is 8.56. The Morgan fingerprint density at radius 2 is 1.55 bits per heavy atom. The van der Waals surface area contributed by atoms with E-state index in [2.05, 4.69) is 81.4 Å². The lowest BCUT2D eigenvalue weighted by molar-refractivity contribution is -0.0946. The molecule has 1 aliphatic heterocycles. The average Bonchev–Trinajstić information content (AvgIpc) is 2.74. The van der Waals surface area contributed by atoms with E-state index in [-0.39, 0.29) is 17.2 Å². The van der Waals surface area contributed by atoms with Crippen LogP contribution in [0.5, 0.6) is 0 Å². The van der Waals surface area contributed by atoms with Crippen LogP contribution >= 0.6 is 0 Å². The van der Waals surface area contributed by atoms with Crippen molar-refractivity contribution < 1.29 is 13.9 Å². The molecule has 1 fully saturated rings. The highest BCUT2D eigenvalue weighted by Crippen LogP contribution is 2.37. The van der Waals surface area contributed by atoms with Gasteiger partial charge in [0.1, 0.15) is 0 Å². The van der Waals surface area contributed by atoms with Crippen LogP contribution < -0.4 is 10.4 Å². The summed E-state index contributed by atoms with van der Waals surface area (Å²) in [6.07, 6.45) is 4.56. The lowest BCUT2D eigenvalue weighted by Gasteiger charge is -2.43. The Balaban J connectivity index is 1.80. The minimum absolute atomic E-state index is 0.0200. The third kappa shape index (κ3) is 5.00. The quantitative estimate of drug-likeness (QED) is 0.471. The molecule has 0 bridgehead atoms. The summed E-state index contributed by atoms with van der Waals surface area (Å²) in [4.78, 5) is 0. The van der Waals surface area contributed by atoms with Gasteiger partial charge >= 0.3 is 0 Å². The van der Waals surface area contributed by atoms with Crippen LogP contribution in [-0.2, 0) is 13.9 Å². The Labute approximate surface area is 177 Å². The summed E-state index contributed by atoms with van der Waals surface area (Å²) in [5.41, 5.74) is 0. The minimum Gasteiger partial charge on any atom is -0.407 e. The van der Waals surface area contributed by atoms with Gasteiger partial charge in [-0.3, -0.25) is 0 Å². The molecule has 2 aromatic carbocycles. The second kappa shape index (κ2) is 10.0. The molecule has 158 valence electrons. The van der Waals surface area contributed by atoms with Gasteiger partial charge < -0.3 is 13.9 Å². The van der Waals surface area contributed by atoms with Crippen LogP contribution in [-0.4, -0.2) is 40.8 Å². The maximum absolute atomic E-state index is 6.97. The molecular formula is C25H36O3Si. The maximum Gasteiger partial charge on any atom is 0.261 e. The molecule has 1 saturated heterocycles. The summed E-state index contributed by atoms with van der Waals surface area (Å²) in [7, 11) is -0.637. The summed E-state index contributed by atoms with van der Waals surface area (Å²) in [5.74, 6) is 0. The molecule has 3 rings (SSSR count). The monoisotopic (exact) mass is 412 g/mol. The second-order valence-corrected chi connectivity index (χ2v) is 13.3. The Hall–Kier alpha value is -1.46. The van der Waals surface area contributed by atoms with Crippen molar-refractivity contribution >= 4 is 18.7 Å². The second-order valence-electron chi connectivity index (χ2n) is 8.98. The van der Waals surface area contributed by atoms with E-state index in [0.29, 0.717) is 0 Å². The van der Waals surface area contributed by atoms with Crippen LogP contribution in [0.4, 0.5) is 0 Å². The van der Waals surface area contributed by atoms with E-state index in [1.165, 1.54) is 10.4 Å². The average molecular weight is 413 g/mol. The summed E-state index contributed by atoms with van der Waals surface area (Å²) in [6, 6.07) is 21.7. The molecule has 0 aromatic heterocycles. The maximum atomic E-state index is 6.97. The van der Waals surface area contributed by atoms with Gasteiger partial charge in [0.2, 0.25) is 0 Å². The van der Waals surface area contributed by atoms with E-state index in [9.17, 15) is 0 Å². The third-order valence-electron chi connectivity index (χ3n) is 6.05. The van der Waals surface area contributed by atoms with Gasteiger partial charge in [-0.1, -0.05) is 81.4 Å². The molecule has 3 nitrogen and oxygen atoms in total. The molecule has 0 saturated carbocycles. The smallest absolute Gasteiger partial charge is 0.261 e. The van der Waals surface area contributed by atoms with Gasteiger partial charge in [-0.15, -0.1) is 0 Å². The molecule has 1 aliphatic rings. The lowest BCUT2D eigenvalue weighted by atomic mass is 10.0. The van der Waals surface area contributed by atoms with E-state index < -0.39 is 8.32 Å². The highest BCUT2D eigenvalue weighted by Gasteiger charge is 2.50. The molecule has 2 atom stereocenters. The molecular weight excluding hydrogens is 376 g/mol. The van der Waals surface area contributed by atoms with Gasteiger partial charge in [0.05, 0.1) is 12.2 Å². The highest BCUT2D eigenvalue weighted by molar-refractivity contribution is 6.99. The fraction of sp³-hybridized carbons (Fsp3) is 0.520. The Bertz CT molecular complexity index is 687. The van der Waals surface area contributed by atoms with Crippen LogP contribution in [0, 0.1) is 0 Å². The van der Waals surface area contributed by atoms with E-state index in [1.807, 2.05) is 0 Å². The Kier molecular flexibility index (Phi) is 7.69. The van der Waals surface area contributed by atoms with Gasteiger partial charge in [-0.25, -0.2) is 0 Å². The van der Waals surface area contributed by atoms with Gasteiger partial charge in [0.25, 0.3) is 8.32 Å². The van der Waals surface area contributed by atoms with Crippen molar-refractivity contribution in [1.29, 1.82) is 0 Å². The number of methoxy groups -OCH3 is 1. The van der Waals surface area contributed by atoms with E-state index >= 15 is 0 Å². The first-order chi connectivity index (χ1) is 14.0. The van der Waals surface area contributed by atoms with Crippen LogP contribution in [0.1, 0.15) is 46.5 Å². The Morgan fingerprint density at radius 3 is 2.07 bits per heavy atom. The Morgan fingerprint density at radius 1 is 0.966 bits per heavy atom. The highest BCUT2D eigenvalue weighted by atomic mass is 28.4. The largest absolute Gasteiger partial charge is 0.407 e. The normalized spacial score (nSPS) is 20.6. The molecule has 29 heavy (non-hydrogen) atoms. The molecule has 0 radical (unpaired) electrons. The van der Waals surface area contributed by atoms with Crippen LogP contribution in [0.25, 0.3) is 0 Å². The zero-order valence-corrected chi connectivity index (χ0v) is 19.4. The van der Waals surface area contributed by atoms with Crippen molar-refractivity contribution in [3.63, 3.8) is 0 Å². The first-order valence-corrected chi connectivity index (χ1v) is 12.8. The number of ether oxygens (including phenoxy) is 2. The minimum atomic E-state index is -2.43. The number of benzene rings is 2. The van der Waals surface area contributed by atoms with Gasteiger partial charge in [-0.05, 0) is 41.1 Å². The third-order valence-corrected chi connectivity index (χ3v) is 11.1. The molecule has 0 aliphatic carbocycles. The topological polar surface area (TPSA) is 27.7 Å². The van der Waals surface area contributed by atoms with Gasteiger partial charge in [-0.2, -0.15) is 0 Å². The standard InChI is InChI=1S/C25H36O3Si/c1-25(2,3)29(21-13-7-5-8-14-21,22-15-9-6-10-16-22)28-20-12-18-24-23(26-4)17-11-19-27-24/h5-10,13-16,23-24H,11-12,17-20H2,1-4H3/t23-,24+/m1/s1. The summed E-state index contributed by atoms with van der Waals surface area (Å²) >= 11 is 0. The SMILES string of the molecule is CO[C@@H]1CCCO[C@H]1CCCO[Si](c1ccccc1)(c1ccccc1)C(C)(C)C.